The molecule has 2 nitrogen and oxygen atoms in total. The Hall–Kier alpha value is 0.290. The van der Waals surface area contributed by atoms with Crippen molar-refractivity contribution in [3.8, 4) is 0 Å². The third-order valence-corrected chi connectivity index (χ3v) is 3.52. The molecular formula is C12H21IN2S. The monoisotopic (exact) mass is 352 g/mol. The van der Waals surface area contributed by atoms with Gasteiger partial charge in [0.1, 0.15) is 0 Å². The molecule has 0 bridgehead atoms. The molecular weight excluding hydrogens is 331 g/mol. The van der Waals surface area contributed by atoms with Crippen molar-refractivity contribution in [2.24, 2.45) is 0 Å². The van der Waals surface area contributed by atoms with E-state index in [-0.39, 0.29) is 0 Å². The minimum Gasteiger partial charge on any atom is -0.272 e. The number of hydrogen-bond donors (Lipinski definition) is 1. The first kappa shape index (κ1) is 14.4. The molecule has 0 aliphatic rings. The molecule has 0 fully saturated rings. The minimum absolute atomic E-state index is 1.04. The van der Waals surface area contributed by atoms with Gasteiger partial charge >= 0.3 is 0 Å². The van der Waals surface area contributed by atoms with Crippen LogP contribution in [-0.4, -0.2) is 15.5 Å². The lowest BCUT2D eigenvalue weighted by atomic mass is 10.1. The Bertz CT molecular complexity index is 276. The summed E-state index contributed by atoms with van der Waals surface area (Å²) >= 11 is 6.51. The molecule has 1 heterocycles. The van der Waals surface area contributed by atoms with Crippen molar-refractivity contribution < 1.29 is 0 Å². The number of unbranched alkanes of at least 4 members (excludes halogenated alkanes) is 6. The van der Waals surface area contributed by atoms with Gasteiger partial charge in [-0.2, -0.15) is 17.7 Å². The largest absolute Gasteiger partial charge is 0.272 e. The highest BCUT2D eigenvalue weighted by molar-refractivity contribution is 14.1. The fourth-order valence-corrected chi connectivity index (χ4v) is 2.40. The normalized spacial score (nSPS) is 10.9. The van der Waals surface area contributed by atoms with Crippen LogP contribution in [0.3, 0.4) is 0 Å². The summed E-state index contributed by atoms with van der Waals surface area (Å²) in [5.41, 5.74) is 0. The predicted octanol–water partition coefficient (Wildman–Crippen LogP) is 4.15. The summed E-state index contributed by atoms with van der Waals surface area (Å²) in [4.78, 5) is 0. The smallest absolute Gasteiger partial charge is 0.0623 e. The van der Waals surface area contributed by atoms with Crippen LogP contribution in [0.25, 0.3) is 0 Å². The molecule has 1 aromatic rings. The molecule has 0 saturated carbocycles. The fourth-order valence-electron chi connectivity index (χ4n) is 1.73. The maximum atomic E-state index is 4.27. The summed E-state index contributed by atoms with van der Waals surface area (Å²) in [5, 5.41) is 4.27. The lowest BCUT2D eigenvalue weighted by Crippen LogP contribution is -1.97. The van der Waals surface area contributed by atoms with Gasteiger partial charge < -0.3 is 0 Å². The summed E-state index contributed by atoms with van der Waals surface area (Å²) in [5.74, 6) is 1.04. The maximum absolute atomic E-state index is 4.27. The van der Waals surface area contributed by atoms with Crippen molar-refractivity contribution >= 4 is 35.2 Å². The molecule has 0 aliphatic heterocycles. The molecule has 0 saturated heterocycles. The predicted molar refractivity (Wildman–Crippen MR) is 81.1 cm³/mol. The van der Waals surface area contributed by atoms with Crippen molar-refractivity contribution in [3.63, 3.8) is 0 Å². The van der Waals surface area contributed by atoms with Crippen LogP contribution < -0.4 is 0 Å². The van der Waals surface area contributed by atoms with Gasteiger partial charge in [-0.05, 0) is 41.2 Å². The van der Waals surface area contributed by atoms with Gasteiger partial charge in [-0.25, -0.2) is 0 Å². The summed E-state index contributed by atoms with van der Waals surface area (Å²) in [7, 11) is 0. The molecule has 16 heavy (non-hydrogen) atoms. The summed E-state index contributed by atoms with van der Waals surface area (Å²) in [6.45, 7) is 1.07. The molecule has 0 unspecified atom stereocenters. The number of aryl methyl sites for hydroxylation is 1. The van der Waals surface area contributed by atoms with Crippen molar-refractivity contribution in [2.75, 3.05) is 5.75 Å². The lowest BCUT2D eigenvalue weighted by molar-refractivity contribution is 0.523. The molecule has 1 aromatic heterocycles. The Kier molecular flexibility index (Phi) is 8.37. The average molecular weight is 352 g/mol. The van der Waals surface area contributed by atoms with E-state index in [4.69, 9.17) is 0 Å². The second-order valence-electron chi connectivity index (χ2n) is 4.12. The summed E-state index contributed by atoms with van der Waals surface area (Å²) < 4.78 is 3.27. The highest BCUT2D eigenvalue weighted by Gasteiger charge is 1.95. The number of halogens is 1. The van der Waals surface area contributed by atoms with Crippen LogP contribution in [-0.2, 0) is 6.54 Å². The second kappa shape index (κ2) is 9.33. The molecule has 0 N–H and O–H groups in total. The van der Waals surface area contributed by atoms with Crippen LogP contribution in [0.15, 0.2) is 12.4 Å². The fraction of sp³-hybridized carbons (Fsp3) is 0.750. The molecule has 0 aromatic carbocycles. The Balaban J connectivity index is 1.88. The first-order chi connectivity index (χ1) is 7.83. The van der Waals surface area contributed by atoms with Crippen LogP contribution >= 0.6 is 35.2 Å². The van der Waals surface area contributed by atoms with Crippen LogP contribution in [0.4, 0.5) is 0 Å². The number of thiol groups is 1. The molecule has 0 atom stereocenters. The van der Waals surface area contributed by atoms with Crippen molar-refractivity contribution in [1.82, 2.24) is 9.78 Å². The van der Waals surface area contributed by atoms with Gasteiger partial charge in [0.25, 0.3) is 0 Å². The van der Waals surface area contributed by atoms with E-state index in [2.05, 4.69) is 46.5 Å². The number of hydrogen-bond acceptors (Lipinski definition) is 2. The first-order valence-corrected chi connectivity index (χ1v) is 7.83. The number of aromatic nitrogens is 2. The molecule has 0 radical (unpaired) electrons. The summed E-state index contributed by atoms with van der Waals surface area (Å²) in [6.07, 6.45) is 13.3. The van der Waals surface area contributed by atoms with Gasteiger partial charge in [0.2, 0.25) is 0 Å². The number of nitrogens with zero attached hydrogens (tertiary/aromatic N) is 2. The van der Waals surface area contributed by atoms with E-state index in [0.717, 1.165) is 12.3 Å². The Morgan fingerprint density at radius 3 is 2.25 bits per heavy atom. The quantitative estimate of drug-likeness (QED) is 0.402. The topological polar surface area (TPSA) is 17.8 Å². The second-order valence-corrected chi connectivity index (χ2v) is 5.81. The van der Waals surface area contributed by atoms with Crippen LogP contribution in [0.2, 0.25) is 0 Å². The Morgan fingerprint density at radius 2 is 1.69 bits per heavy atom. The highest BCUT2D eigenvalue weighted by Crippen LogP contribution is 2.09. The van der Waals surface area contributed by atoms with Crippen LogP contribution in [0.1, 0.15) is 44.9 Å². The third-order valence-electron chi connectivity index (χ3n) is 2.65. The molecule has 4 heteroatoms. The van der Waals surface area contributed by atoms with E-state index in [0.29, 0.717) is 0 Å². The van der Waals surface area contributed by atoms with E-state index in [1.165, 1.54) is 48.5 Å². The van der Waals surface area contributed by atoms with Gasteiger partial charge in [-0.15, -0.1) is 0 Å². The van der Waals surface area contributed by atoms with Gasteiger partial charge in [0, 0.05) is 12.7 Å². The molecule has 0 amide bonds. The zero-order valence-corrected chi connectivity index (χ0v) is 12.8. The molecule has 0 aliphatic carbocycles. The van der Waals surface area contributed by atoms with E-state index < -0.39 is 0 Å². The van der Waals surface area contributed by atoms with Gasteiger partial charge in [0.15, 0.2) is 0 Å². The average Bonchev–Trinajstić information content (AvgIpc) is 2.68. The van der Waals surface area contributed by atoms with E-state index >= 15 is 0 Å². The van der Waals surface area contributed by atoms with Crippen molar-refractivity contribution in [2.45, 2.75) is 51.5 Å². The van der Waals surface area contributed by atoms with Crippen molar-refractivity contribution in [1.29, 1.82) is 0 Å². The molecule has 1 rings (SSSR count). The zero-order valence-electron chi connectivity index (χ0n) is 9.74. The Labute approximate surface area is 118 Å². The standard InChI is InChI=1S/C12H21IN2S/c13-12-10-14-15(11-12)8-6-4-2-1-3-5-7-9-16/h10-11,16H,1-9H2. The van der Waals surface area contributed by atoms with Gasteiger partial charge in [0.05, 0.1) is 9.77 Å². The zero-order chi connectivity index (χ0) is 11.6. The van der Waals surface area contributed by atoms with Crippen molar-refractivity contribution in [3.05, 3.63) is 16.0 Å². The Morgan fingerprint density at radius 1 is 1.06 bits per heavy atom. The minimum atomic E-state index is 1.04. The van der Waals surface area contributed by atoms with Crippen LogP contribution in [0, 0.1) is 3.57 Å². The van der Waals surface area contributed by atoms with E-state index in [1.54, 1.807) is 0 Å². The van der Waals surface area contributed by atoms with E-state index in [1.807, 2.05) is 10.9 Å². The van der Waals surface area contributed by atoms with Gasteiger partial charge in [-0.3, -0.25) is 4.68 Å². The summed E-state index contributed by atoms with van der Waals surface area (Å²) in [6, 6.07) is 0. The first-order valence-electron chi connectivity index (χ1n) is 6.12. The molecule has 92 valence electrons. The molecule has 0 spiro atoms. The lowest BCUT2D eigenvalue weighted by Gasteiger charge is -2.02. The highest BCUT2D eigenvalue weighted by atomic mass is 127. The third kappa shape index (κ3) is 6.78. The van der Waals surface area contributed by atoms with E-state index in [9.17, 15) is 0 Å². The SMILES string of the molecule is SCCCCCCCCCn1cc(I)cn1. The van der Waals surface area contributed by atoms with Gasteiger partial charge in [-0.1, -0.05) is 32.1 Å². The maximum Gasteiger partial charge on any atom is 0.0623 e. The number of rotatable bonds is 9. The van der Waals surface area contributed by atoms with Crippen LogP contribution in [0.5, 0.6) is 0 Å².